The lowest BCUT2D eigenvalue weighted by molar-refractivity contribution is 0.643. The number of para-hydroxylation sites is 1. The molecule has 0 unspecified atom stereocenters. The minimum Gasteiger partial charge on any atom is -0.368 e. The molecule has 3 rings (SSSR count). The summed E-state index contributed by atoms with van der Waals surface area (Å²) in [6.45, 7) is 4.05. The zero-order valence-corrected chi connectivity index (χ0v) is 10.3. The normalized spacial score (nSPS) is 16.2. The molecule has 0 N–H and O–H groups in total. The van der Waals surface area contributed by atoms with Crippen LogP contribution in [0, 0.1) is 0 Å². The molecule has 17 heavy (non-hydrogen) atoms. The molecule has 1 fully saturated rings. The number of rotatable bonds is 2. The van der Waals surface area contributed by atoms with Gasteiger partial charge in [-0.3, -0.25) is 0 Å². The summed E-state index contributed by atoms with van der Waals surface area (Å²) in [6.07, 6.45) is 0. The van der Waals surface area contributed by atoms with Crippen molar-refractivity contribution in [2.24, 2.45) is 0 Å². The fourth-order valence-electron chi connectivity index (χ4n) is 2.11. The molecule has 1 aromatic carbocycles. The van der Waals surface area contributed by atoms with E-state index in [0.29, 0.717) is 0 Å². The summed E-state index contributed by atoms with van der Waals surface area (Å²) in [6, 6.07) is 10.6. The lowest BCUT2D eigenvalue weighted by atomic mass is 10.2. The van der Waals surface area contributed by atoms with E-state index in [1.165, 1.54) is 17.2 Å². The van der Waals surface area contributed by atoms with Gasteiger partial charge in [0.25, 0.3) is 0 Å². The van der Waals surface area contributed by atoms with Crippen molar-refractivity contribution in [2.45, 2.75) is 0 Å². The van der Waals surface area contributed by atoms with E-state index in [1.54, 1.807) is 5.51 Å². The zero-order chi connectivity index (χ0) is 11.5. The summed E-state index contributed by atoms with van der Waals surface area (Å²) < 4.78 is 4.28. The fraction of sp³-hybridized carbons (Fsp3) is 0.333. The summed E-state index contributed by atoms with van der Waals surface area (Å²) in [4.78, 5) is 8.90. The molecule has 0 saturated carbocycles. The highest BCUT2D eigenvalue weighted by atomic mass is 32.1. The molecule has 5 heteroatoms. The predicted octanol–water partition coefficient (Wildman–Crippen LogP) is 1.86. The number of anilines is 2. The maximum absolute atomic E-state index is 4.28. The minimum absolute atomic E-state index is 0.878. The van der Waals surface area contributed by atoms with Gasteiger partial charge in [0.2, 0.25) is 5.95 Å². The third-order valence-electron chi connectivity index (χ3n) is 3.03. The molecule has 0 atom stereocenters. The van der Waals surface area contributed by atoms with Gasteiger partial charge in [-0.15, -0.1) is 0 Å². The van der Waals surface area contributed by atoms with Gasteiger partial charge in [-0.25, -0.2) is 4.98 Å². The van der Waals surface area contributed by atoms with Crippen LogP contribution in [0.1, 0.15) is 0 Å². The molecule has 2 aromatic rings. The van der Waals surface area contributed by atoms with Crippen molar-refractivity contribution < 1.29 is 0 Å². The van der Waals surface area contributed by atoms with Gasteiger partial charge in [-0.1, -0.05) is 18.2 Å². The first-order chi connectivity index (χ1) is 8.43. The van der Waals surface area contributed by atoms with Crippen molar-refractivity contribution in [1.29, 1.82) is 0 Å². The Kier molecular flexibility index (Phi) is 2.92. The summed E-state index contributed by atoms with van der Waals surface area (Å²) in [5.74, 6) is 0.878. The molecule has 0 spiro atoms. The largest absolute Gasteiger partial charge is 0.368 e. The predicted molar refractivity (Wildman–Crippen MR) is 70.8 cm³/mol. The molecule has 0 amide bonds. The van der Waals surface area contributed by atoms with Crippen LogP contribution >= 0.6 is 11.5 Å². The van der Waals surface area contributed by atoms with Crippen LogP contribution in [0.5, 0.6) is 0 Å². The second-order valence-corrected chi connectivity index (χ2v) is 4.65. The van der Waals surface area contributed by atoms with E-state index in [0.717, 1.165) is 32.1 Å². The summed E-state index contributed by atoms with van der Waals surface area (Å²) in [7, 11) is 0. The van der Waals surface area contributed by atoms with Gasteiger partial charge in [0.15, 0.2) is 0 Å². The van der Waals surface area contributed by atoms with Crippen LogP contribution in [0.4, 0.5) is 11.6 Å². The molecule has 88 valence electrons. The van der Waals surface area contributed by atoms with Crippen LogP contribution in [0.3, 0.4) is 0 Å². The standard InChI is InChI=1S/C12H14N4S/c1-2-4-11(5-3-1)15-6-8-16(9-7-15)12-13-10-17-14-12/h1-5,10H,6-9H2. The summed E-state index contributed by atoms with van der Waals surface area (Å²) in [5, 5.41) is 0. The molecular formula is C12H14N4S. The Morgan fingerprint density at radius 1 is 0.941 bits per heavy atom. The first kappa shape index (κ1) is 10.5. The van der Waals surface area contributed by atoms with Crippen molar-refractivity contribution >= 4 is 23.2 Å². The topological polar surface area (TPSA) is 32.3 Å². The Morgan fingerprint density at radius 2 is 1.65 bits per heavy atom. The summed E-state index contributed by atoms with van der Waals surface area (Å²) >= 11 is 1.41. The molecule has 1 aromatic heterocycles. The van der Waals surface area contributed by atoms with Crippen LogP contribution in [0.2, 0.25) is 0 Å². The Labute approximate surface area is 105 Å². The van der Waals surface area contributed by atoms with Crippen LogP contribution < -0.4 is 9.80 Å². The maximum Gasteiger partial charge on any atom is 0.237 e. The van der Waals surface area contributed by atoms with Crippen molar-refractivity contribution in [1.82, 2.24) is 9.36 Å². The Morgan fingerprint density at radius 3 is 2.29 bits per heavy atom. The highest BCUT2D eigenvalue weighted by Crippen LogP contribution is 2.17. The zero-order valence-electron chi connectivity index (χ0n) is 9.49. The van der Waals surface area contributed by atoms with E-state index in [1.807, 2.05) is 0 Å². The third kappa shape index (κ3) is 2.24. The van der Waals surface area contributed by atoms with Crippen molar-refractivity contribution in [3.05, 3.63) is 35.8 Å². The highest BCUT2D eigenvalue weighted by Gasteiger charge is 2.18. The molecule has 4 nitrogen and oxygen atoms in total. The van der Waals surface area contributed by atoms with Crippen molar-refractivity contribution in [3.63, 3.8) is 0 Å². The Bertz CT molecular complexity index is 449. The fourth-order valence-corrected chi connectivity index (χ4v) is 2.55. The molecular weight excluding hydrogens is 232 g/mol. The molecule has 1 saturated heterocycles. The van der Waals surface area contributed by atoms with Crippen LogP contribution in [0.25, 0.3) is 0 Å². The number of piperazine rings is 1. The van der Waals surface area contributed by atoms with E-state index >= 15 is 0 Å². The average Bonchev–Trinajstić information content (AvgIpc) is 2.94. The van der Waals surface area contributed by atoms with E-state index in [4.69, 9.17) is 0 Å². The van der Waals surface area contributed by atoms with Crippen molar-refractivity contribution in [3.8, 4) is 0 Å². The smallest absolute Gasteiger partial charge is 0.237 e. The van der Waals surface area contributed by atoms with Crippen LogP contribution in [-0.2, 0) is 0 Å². The van der Waals surface area contributed by atoms with Gasteiger partial charge in [0.1, 0.15) is 5.51 Å². The third-order valence-corrected chi connectivity index (χ3v) is 3.50. The first-order valence-electron chi connectivity index (χ1n) is 5.75. The van der Waals surface area contributed by atoms with Gasteiger partial charge < -0.3 is 9.80 Å². The van der Waals surface area contributed by atoms with E-state index in [-0.39, 0.29) is 0 Å². The van der Waals surface area contributed by atoms with E-state index in [9.17, 15) is 0 Å². The SMILES string of the molecule is c1ccc(N2CCN(c3ncsn3)CC2)cc1. The Balaban J connectivity index is 1.65. The lowest BCUT2D eigenvalue weighted by Crippen LogP contribution is -2.46. The molecule has 0 radical (unpaired) electrons. The van der Waals surface area contributed by atoms with Gasteiger partial charge in [0.05, 0.1) is 0 Å². The quantitative estimate of drug-likeness (QED) is 0.809. The number of nitrogens with zero attached hydrogens (tertiary/aromatic N) is 4. The van der Waals surface area contributed by atoms with Crippen LogP contribution in [-0.4, -0.2) is 35.5 Å². The average molecular weight is 246 g/mol. The molecule has 0 aliphatic carbocycles. The van der Waals surface area contributed by atoms with E-state index in [2.05, 4.69) is 49.5 Å². The molecule has 1 aliphatic heterocycles. The number of aromatic nitrogens is 2. The maximum atomic E-state index is 4.28. The first-order valence-corrected chi connectivity index (χ1v) is 6.58. The Hall–Kier alpha value is -1.62. The van der Waals surface area contributed by atoms with Gasteiger partial charge in [-0.05, 0) is 23.7 Å². The van der Waals surface area contributed by atoms with Crippen LogP contribution in [0.15, 0.2) is 35.8 Å². The van der Waals surface area contributed by atoms with Gasteiger partial charge in [0, 0.05) is 31.9 Å². The van der Waals surface area contributed by atoms with Crippen molar-refractivity contribution in [2.75, 3.05) is 36.0 Å². The molecule has 0 bridgehead atoms. The summed E-state index contributed by atoms with van der Waals surface area (Å²) in [5.41, 5.74) is 3.09. The molecule has 1 aliphatic rings. The van der Waals surface area contributed by atoms with E-state index < -0.39 is 0 Å². The lowest BCUT2D eigenvalue weighted by Gasteiger charge is -2.35. The van der Waals surface area contributed by atoms with Gasteiger partial charge in [-0.2, -0.15) is 4.37 Å². The number of benzene rings is 1. The number of hydrogen-bond donors (Lipinski definition) is 0. The number of hydrogen-bond acceptors (Lipinski definition) is 5. The highest BCUT2D eigenvalue weighted by molar-refractivity contribution is 7.03. The minimum atomic E-state index is 0.878. The second-order valence-electron chi connectivity index (χ2n) is 4.04. The van der Waals surface area contributed by atoms with Gasteiger partial charge >= 0.3 is 0 Å². The monoisotopic (exact) mass is 246 g/mol. The second kappa shape index (κ2) is 4.71. The molecule has 2 heterocycles.